The van der Waals surface area contributed by atoms with Gasteiger partial charge in [0.05, 0.1) is 36.6 Å². The molecule has 8 nitrogen and oxygen atoms in total. The lowest BCUT2D eigenvalue weighted by Crippen LogP contribution is -2.59. The minimum atomic E-state index is -1.19. The van der Waals surface area contributed by atoms with Crippen LogP contribution in [0, 0.1) is 62.6 Å². The Bertz CT molecular complexity index is 1250. The topological polar surface area (TPSA) is 115 Å². The number of hydrogen-bond donors (Lipinski definition) is 3. The molecule has 5 aliphatic carbocycles. The largest absolute Gasteiger partial charge is 0.457 e. The predicted molar refractivity (Wildman–Crippen MR) is 177 cm³/mol. The molecular weight excluding hydrogens is 596 g/mol. The van der Waals surface area contributed by atoms with Gasteiger partial charge in [0, 0.05) is 13.3 Å². The van der Waals surface area contributed by atoms with E-state index in [4.69, 9.17) is 18.9 Å². The summed E-state index contributed by atoms with van der Waals surface area (Å²) in [6.07, 6.45) is 5.25. The average molecular weight is 661 g/mol. The molecule has 7 fully saturated rings. The third kappa shape index (κ3) is 4.42. The first kappa shape index (κ1) is 34.7. The molecule has 7 rings (SSSR count). The van der Waals surface area contributed by atoms with E-state index in [2.05, 4.69) is 48.5 Å². The number of carbonyl (C=O) groups is 1. The molecule has 7 aliphatic rings. The zero-order valence-corrected chi connectivity index (χ0v) is 30.8. The van der Waals surface area contributed by atoms with E-state index in [1.54, 1.807) is 13.8 Å². The van der Waals surface area contributed by atoms with Gasteiger partial charge >= 0.3 is 5.97 Å². The summed E-state index contributed by atoms with van der Waals surface area (Å²) in [5.41, 5.74) is -0.303. The highest BCUT2D eigenvalue weighted by Crippen LogP contribution is 2.92. The van der Waals surface area contributed by atoms with E-state index < -0.39 is 30.2 Å². The van der Waals surface area contributed by atoms with E-state index in [9.17, 15) is 20.1 Å². The normalized spacial score (nSPS) is 55.4. The van der Waals surface area contributed by atoms with Gasteiger partial charge in [0.2, 0.25) is 0 Å². The fourth-order valence-corrected chi connectivity index (χ4v) is 14.8. The van der Waals surface area contributed by atoms with Gasteiger partial charge in [0.25, 0.3) is 0 Å². The first-order valence-corrected chi connectivity index (χ1v) is 19.0. The summed E-state index contributed by atoms with van der Waals surface area (Å²) in [6.45, 7) is 22.5. The molecule has 0 bridgehead atoms. The van der Waals surface area contributed by atoms with Crippen LogP contribution in [0.2, 0.25) is 0 Å². The summed E-state index contributed by atoms with van der Waals surface area (Å²) in [7, 11) is 0. The molecule has 268 valence electrons. The molecule has 0 amide bonds. The second kappa shape index (κ2) is 10.9. The standard InChI is InChI=1S/C39H64O8/c1-20-17-26(33(35(7,8)43)45-23(4)40)46-32-21(2)37(10)28-12-11-27-34(5,6)29(47-30-18-24(41)25(42)19-44-30)13-14-38(27)22(3)39(28,38)16-15-36(37,9)31(20)32/h20-22,24-33,41-43H,11-19H2,1-10H3/t20?,21-,22-,24-,25-,26-,27?,28+,29+,30?,31?,32-,33+,36-,37+,38?,39+/m1/s1. The number of aliphatic hydroxyl groups excluding tert-OH is 2. The summed E-state index contributed by atoms with van der Waals surface area (Å²) < 4.78 is 25.4. The monoisotopic (exact) mass is 660 g/mol. The lowest BCUT2D eigenvalue weighted by atomic mass is 9.40. The van der Waals surface area contributed by atoms with Gasteiger partial charge in [-0.2, -0.15) is 0 Å². The third-order valence-electron chi connectivity index (χ3n) is 16.9. The van der Waals surface area contributed by atoms with Crippen LogP contribution in [0.3, 0.4) is 0 Å². The van der Waals surface area contributed by atoms with Gasteiger partial charge in [-0.3, -0.25) is 4.79 Å². The molecular formula is C39H64O8. The Morgan fingerprint density at radius 3 is 2.21 bits per heavy atom. The molecule has 5 saturated carbocycles. The van der Waals surface area contributed by atoms with E-state index in [1.165, 1.54) is 39.0 Å². The van der Waals surface area contributed by atoms with Crippen LogP contribution in [0.1, 0.15) is 121 Å². The van der Waals surface area contributed by atoms with Crippen LogP contribution in [-0.2, 0) is 23.7 Å². The molecule has 47 heavy (non-hydrogen) atoms. The Hall–Kier alpha value is -0.770. The number of ether oxygens (including phenoxy) is 4. The van der Waals surface area contributed by atoms with Crippen molar-refractivity contribution in [3.8, 4) is 0 Å². The van der Waals surface area contributed by atoms with E-state index >= 15 is 0 Å². The third-order valence-corrected chi connectivity index (χ3v) is 16.9. The van der Waals surface area contributed by atoms with Gasteiger partial charge in [0.1, 0.15) is 6.10 Å². The van der Waals surface area contributed by atoms with Gasteiger partial charge in [-0.1, -0.05) is 48.5 Å². The summed E-state index contributed by atoms with van der Waals surface area (Å²) in [6, 6.07) is 0. The second-order valence-corrected chi connectivity index (χ2v) is 19.2. The molecule has 0 aromatic heterocycles. The Labute approximate surface area is 283 Å². The van der Waals surface area contributed by atoms with Crippen molar-refractivity contribution in [3.63, 3.8) is 0 Å². The van der Waals surface area contributed by atoms with Gasteiger partial charge in [-0.15, -0.1) is 0 Å². The average Bonchev–Trinajstić information content (AvgIpc) is 3.45. The van der Waals surface area contributed by atoms with Gasteiger partial charge in [-0.25, -0.2) is 0 Å². The van der Waals surface area contributed by atoms with Crippen molar-refractivity contribution in [2.24, 2.45) is 62.6 Å². The number of hydrogen-bond acceptors (Lipinski definition) is 8. The molecule has 0 aromatic rings. The molecule has 8 heteroatoms. The number of carbonyl (C=O) groups excluding carboxylic acids is 1. The van der Waals surface area contributed by atoms with Gasteiger partial charge in [0.15, 0.2) is 12.4 Å². The number of rotatable bonds is 5. The molecule has 2 saturated heterocycles. The first-order chi connectivity index (χ1) is 21.8. The lowest BCUT2D eigenvalue weighted by molar-refractivity contribution is -0.265. The molecule has 17 atom stereocenters. The van der Waals surface area contributed by atoms with Crippen molar-refractivity contribution in [2.75, 3.05) is 6.61 Å². The summed E-state index contributed by atoms with van der Waals surface area (Å²) in [5.74, 6) is 2.67. The van der Waals surface area contributed by atoms with Crippen molar-refractivity contribution >= 4 is 5.97 Å². The van der Waals surface area contributed by atoms with Crippen molar-refractivity contribution < 1.29 is 39.1 Å². The number of fused-ring (bicyclic) bond motifs is 4. The Kier molecular flexibility index (Phi) is 8.02. The smallest absolute Gasteiger partial charge is 0.303 e. The fourth-order valence-electron chi connectivity index (χ4n) is 14.8. The Morgan fingerprint density at radius 1 is 0.915 bits per heavy atom. The van der Waals surface area contributed by atoms with Crippen LogP contribution in [0.25, 0.3) is 0 Å². The maximum Gasteiger partial charge on any atom is 0.303 e. The van der Waals surface area contributed by atoms with Gasteiger partial charge in [-0.05, 0) is 121 Å². The highest BCUT2D eigenvalue weighted by atomic mass is 16.7. The highest BCUT2D eigenvalue weighted by Gasteiger charge is 2.87. The van der Waals surface area contributed by atoms with Crippen molar-refractivity contribution in [2.45, 2.75) is 169 Å². The summed E-state index contributed by atoms with van der Waals surface area (Å²) in [5, 5.41) is 31.4. The van der Waals surface area contributed by atoms with Crippen molar-refractivity contribution in [3.05, 3.63) is 0 Å². The lowest BCUT2D eigenvalue weighted by Gasteiger charge is -2.64. The SMILES string of the molecule is CC(=O)O[C@@H]([C@H]1CC(C)C2[C@H](O1)[C@@H](C)[C@@]1(C)[C@@H]3CCC4C(C)(C)[C@@H](OC5C[C@@H](O)[C@H](O)CO5)CCC45[C@@H](C)[C@@]35CC[C@]21C)C(C)(C)O. The molecule has 5 unspecified atom stereocenters. The Morgan fingerprint density at radius 2 is 1.57 bits per heavy atom. The minimum absolute atomic E-state index is 0.0179. The van der Waals surface area contributed by atoms with Crippen LogP contribution in [-0.4, -0.2) is 76.4 Å². The predicted octanol–water partition coefficient (Wildman–Crippen LogP) is 5.88. The quantitative estimate of drug-likeness (QED) is 0.248. The van der Waals surface area contributed by atoms with Crippen molar-refractivity contribution in [1.82, 2.24) is 0 Å². The van der Waals surface area contributed by atoms with Crippen LogP contribution in [0.4, 0.5) is 0 Å². The molecule has 3 N–H and O–H groups in total. The van der Waals surface area contributed by atoms with E-state index in [1.807, 2.05) is 0 Å². The minimum Gasteiger partial charge on any atom is -0.457 e. The van der Waals surface area contributed by atoms with Crippen LogP contribution in [0.15, 0.2) is 0 Å². The van der Waals surface area contributed by atoms with E-state index in [0.717, 1.165) is 12.8 Å². The molecule has 0 radical (unpaired) electrons. The first-order valence-electron chi connectivity index (χ1n) is 19.0. The molecule has 2 heterocycles. The summed E-state index contributed by atoms with van der Waals surface area (Å²) >= 11 is 0. The molecule has 0 aromatic carbocycles. The number of aliphatic hydroxyl groups is 3. The van der Waals surface area contributed by atoms with Crippen LogP contribution >= 0.6 is 0 Å². The second-order valence-electron chi connectivity index (χ2n) is 19.2. The number of esters is 1. The summed E-state index contributed by atoms with van der Waals surface area (Å²) in [4.78, 5) is 12.1. The zero-order chi connectivity index (χ0) is 34.3. The molecule has 2 spiro atoms. The van der Waals surface area contributed by atoms with Crippen molar-refractivity contribution in [1.29, 1.82) is 0 Å². The van der Waals surface area contributed by atoms with Crippen LogP contribution in [0.5, 0.6) is 0 Å². The maximum absolute atomic E-state index is 12.1. The zero-order valence-electron chi connectivity index (χ0n) is 30.8. The van der Waals surface area contributed by atoms with Gasteiger partial charge < -0.3 is 34.3 Å². The Balaban J connectivity index is 1.17. The van der Waals surface area contributed by atoms with Crippen LogP contribution < -0.4 is 0 Å². The maximum atomic E-state index is 12.1. The fraction of sp³-hybridized carbons (Fsp3) is 0.974. The highest BCUT2D eigenvalue weighted by molar-refractivity contribution is 5.66. The van der Waals surface area contributed by atoms with E-state index in [0.29, 0.717) is 52.8 Å². The molecule has 2 aliphatic heterocycles. The van der Waals surface area contributed by atoms with E-state index in [-0.39, 0.29) is 47.1 Å².